The van der Waals surface area contributed by atoms with Crippen LogP contribution in [0.15, 0.2) is 18.2 Å². The molecule has 1 saturated heterocycles. The molecule has 11 heteroatoms. The van der Waals surface area contributed by atoms with E-state index in [1.165, 1.54) is 24.6 Å². The number of nitro benzene ring substituents is 1. The van der Waals surface area contributed by atoms with E-state index in [9.17, 15) is 23.3 Å². The summed E-state index contributed by atoms with van der Waals surface area (Å²) in [5.74, 6) is -0.172. The monoisotopic (exact) mass is 467 g/mol. The lowest BCUT2D eigenvalue weighted by Gasteiger charge is -2.38. The molecule has 10 nitrogen and oxygen atoms in total. The first-order valence-electron chi connectivity index (χ1n) is 11.2. The fourth-order valence-corrected chi connectivity index (χ4v) is 5.95. The Morgan fingerprint density at radius 1 is 1.19 bits per heavy atom. The minimum absolute atomic E-state index is 0.0116. The highest BCUT2D eigenvalue weighted by atomic mass is 32.2. The molecule has 1 saturated carbocycles. The zero-order valence-electron chi connectivity index (χ0n) is 18.8. The molecule has 0 unspecified atom stereocenters. The lowest BCUT2D eigenvalue weighted by atomic mass is 9.96. The van der Waals surface area contributed by atoms with Gasteiger partial charge in [-0.25, -0.2) is 0 Å². The molecule has 2 aliphatic rings. The highest BCUT2D eigenvalue weighted by Gasteiger charge is 2.34. The maximum Gasteiger partial charge on any atom is 0.282 e. The third-order valence-corrected chi connectivity index (χ3v) is 8.50. The maximum absolute atomic E-state index is 13.0. The quantitative estimate of drug-likeness (QED) is 0.463. The van der Waals surface area contributed by atoms with Crippen LogP contribution in [-0.4, -0.2) is 78.6 Å². The Bertz CT molecular complexity index is 925. The SMILES string of the molecule is Cc1cc([N+](=O)[O-])ccc1NC(=O)CCN1CCN(S(=O)(=O)N(C)C2CCCCC2)CC1. The lowest BCUT2D eigenvalue weighted by Crippen LogP contribution is -2.54. The molecule has 3 rings (SSSR count). The van der Waals surface area contributed by atoms with Gasteiger partial charge >= 0.3 is 0 Å². The van der Waals surface area contributed by atoms with Crippen molar-refractivity contribution in [2.75, 3.05) is 45.1 Å². The Morgan fingerprint density at radius 2 is 1.84 bits per heavy atom. The molecular formula is C21H33N5O5S. The van der Waals surface area contributed by atoms with Crippen molar-refractivity contribution in [3.8, 4) is 0 Å². The number of carbonyl (C=O) groups excluding carboxylic acids is 1. The lowest BCUT2D eigenvalue weighted by molar-refractivity contribution is -0.384. The Hall–Kier alpha value is -2.08. The van der Waals surface area contributed by atoms with Gasteiger partial charge in [0.15, 0.2) is 0 Å². The van der Waals surface area contributed by atoms with E-state index >= 15 is 0 Å². The van der Waals surface area contributed by atoms with Crippen LogP contribution in [0.3, 0.4) is 0 Å². The summed E-state index contributed by atoms with van der Waals surface area (Å²) in [6, 6.07) is 4.43. The van der Waals surface area contributed by atoms with E-state index in [2.05, 4.69) is 10.2 Å². The number of non-ortho nitro benzene ring substituents is 1. The number of anilines is 1. The number of piperazine rings is 1. The zero-order valence-corrected chi connectivity index (χ0v) is 19.6. The third-order valence-electron chi connectivity index (χ3n) is 6.46. The average Bonchev–Trinajstić information content (AvgIpc) is 2.79. The molecule has 0 bridgehead atoms. The highest BCUT2D eigenvalue weighted by Crippen LogP contribution is 2.25. The van der Waals surface area contributed by atoms with Gasteiger partial charge in [0.25, 0.3) is 15.9 Å². The van der Waals surface area contributed by atoms with Crippen molar-refractivity contribution in [1.82, 2.24) is 13.5 Å². The molecule has 0 aromatic heterocycles. The maximum atomic E-state index is 13.0. The van der Waals surface area contributed by atoms with Crippen LogP contribution in [-0.2, 0) is 15.0 Å². The predicted octanol–water partition coefficient (Wildman–Crippen LogP) is 2.36. The fourth-order valence-electron chi connectivity index (χ4n) is 4.37. The number of nitrogens with zero attached hydrogens (tertiary/aromatic N) is 4. The number of aryl methyl sites for hydroxylation is 1. The van der Waals surface area contributed by atoms with E-state index in [4.69, 9.17) is 0 Å². The summed E-state index contributed by atoms with van der Waals surface area (Å²) in [5, 5.41) is 13.6. The number of nitro groups is 1. The van der Waals surface area contributed by atoms with E-state index in [1.807, 2.05) is 0 Å². The molecule has 1 aromatic rings. The molecule has 1 aromatic carbocycles. The molecule has 0 spiro atoms. The van der Waals surface area contributed by atoms with E-state index in [0.717, 1.165) is 25.7 Å². The molecular weight excluding hydrogens is 434 g/mol. The topological polar surface area (TPSA) is 116 Å². The largest absolute Gasteiger partial charge is 0.326 e. The van der Waals surface area contributed by atoms with Crippen molar-refractivity contribution in [3.05, 3.63) is 33.9 Å². The van der Waals surface area contributed by atoms with Gasteiger partial charge in [-0.3, -0.25) is 14.9 Å². The molecule has 1 aliphatic carbocycles. The van der Waals surface area contributed by atoms with E-state index < -0.39 is 15.1 Å². The molecule has 178 valence electrons. The average molecular weight is 468 g/mol. The number of carbonyl (C=O) groups is 1. The Labute approximate surface area is 189 Å². The standard InChI is InChI=1S/C21H33N5O5S/c1-17-16-19(26(28)29)8-9-20(17)22-21(27)10-11-24-12-14-25(15-13-24)32(30,31)23(2)18-6-4-3-5-7-18/h8-9,16,18H,3-7,10-15H2,1-2H3,(H,22,27). The molecule has 1 N–H and O–H groups in total. The summed E-state index contributed by atoms with van der Waals surface area (Å²) in [6.45, 7) is 4.25. The summed E-state index contributed by atoms with van der Waals surface area (Å²) in [4.78, 5) is 24.8. The number of benzene rings is 1. The van der Waals surface area contributed by atoms with Crippen molar-refractivity contribution >= 4 is 27.5 Å². The van der Waals surface area contributed by atoms with Crippen LogP contribution in [0.5, 0.6) is 0 Å². The first-order chi connectivity index (χ1) is 15.2. The van der Waals surface area contributed by atoms with E-state index in [0.29, 0.717) is 44.0 Å². The predicted molar refractivity (Wildman–Crippen MR) is 123 cm³/mol. The number of hydrogen-bond donors (Lipinski definition) is 1. The number of amides is 1. The van der Waals surface area contributed by atoms with Crippen molar-refractivity contribution in [3.63, 3.8) is 0 Å². The molecule has 2 fully saturated rings. The number of nitrogens with one attached hydrogen (secondary N) is 1. The van der Waals surface area contributed by atoms with E-state index in [-0.39, 0.29) is 24.1 Å². The minimum atomic E-state index is -3.46. The molecule has 1 aliphatic heterocycles. The van der Waals surface area contributed by atoms with Gasteiger partial charge in [-0.2, -0.15) is 17.0 Å². The first kappa shape index (κ1) is 24.6. The normalized spacial score (nSPS) is 19.2. The van der Waals surface area contributed by atoms with Gasteiger partial charge in [0, 0.05) is 70.1 Å². The van der Waals surface area contributed by atoms with Crippen molar-refractivity contribution in [2.45, 2.75) is 51.5 Å². The van der Waals surface area contributed by atoms with Gasteiger partial charge in [-0.15, -0.1) is 0 Å². The fraction of sp³-hybridized carbons (Fsp3) is 0.667. The summed E-state index contributed by atoms with van der Waals surface area (Å²) in [7, 11) is -1.76. The molecule has 0 atom stereocenters. The van der Waals surface area contributed by atoms with Gasteiger partial charge in [0.2, 0.25) is 5.91 Å². The highest BCUT2D eigenvalue weighted by molar-refractivity contribution is 7.86. The van der Waals surface area contributed by atoms with Crippen molar-refractivity contribution in [1.29, 1.82) is 0 Å². The van der Waals surface area contributed by atoms with Crippen LogP contribution in [0, 0.1) is 17.0 Å². The second-order valence-electron chi connectivity index (χ2n) is 8.61. The summed E-state index contributed by atoms with van der Waals surface area (Å²) < 4.78 is 29.1. The van der Waals surface area contributed by atoms with Gasteiger partial charge < -0.3 is 10.2 Å². The first-order valence-corrected chi connectivity index (χ1v) is 12.6. The van der Waals surface area contributed by atoms with Gasteiger partial charge in [0.1, 0.15) is 0 Å². The van der Waals surface area contributed by atoms with Crippen LogP contribution in [0.4, 0.5) is 11.4 Å². The number of rotatable bonds is 8. The van der Waals surface area contributed by atoms with Crippen molar-refractivity contribution < 1.29 is 18.1 Å². The van der Waals surface area contributed by atoms with Crippen LogP contribution in [0.25, 0.3) is 0 Å². The van der Waals surface area contributed by atoms with Gasteiger partial charge in [-0.05, 0) is 31.4 Å². The Morgan fingerprint density at radius 3 is 2.44 bits per heavy atom. The third kappa shape index (κ3) is 6.03. The Kier molecular flexibility index (Phi) is 8.21. The second-order valence-corrected chi connectivity index (χ2v) is 10.6. The van der Waals surface area contributed by atoms with E-state index in [1.54, 1.807) is 22.6 Å². The van der Waals surface area contributed by atoms with Crippen molar-refractivity contribution in [2.24, 2.45) is 0 Å². The number of hydrogen-bond acceptors (Lipinski definition) is 6. The van der Waals surface area contributed by atoms with Crippen LogP contribution >= 0.6 is 0 Å². The zero-order chi connectivity index (χ0) is 23.3. The summed E-state index contributed by atoms with van der Waals surface area (Å²) >= 11 is 0. The molecule has 0 radical (unpaired) electrons. The smallest absolute Gasteiger partial charge is 0.282 e. The van der Waals surface area contributed by atoms with Gasteiger partial charge in [0.05, 0.1) is 4.92 Å². The van der Waals surface area contributed by atoms with Gasteiger partial charge in [-0.1, -0.05) is 19.3 Å². The summed E-state index contributed by atoms with van der Waals surface area (Å²) in [6.07, 6.45) is 5.48. The molecule has 1 amide bonds. The second kappa shape index (κ2) is 10.7. The van der Waals surface area contributed by atoms with Crippen LogP contribution in [0.2, 0.25) is 0 Å². The molecule has 1 heterocycles. The molecule has 32 heavy (non-hydrogen) atoms. The minimum Gasteiger partial charge on any atom is -0.326 e. The summed E-state index contributed by atoms with van der Waals surface area (Å²) in [5.41, 5.74) is 1.18. The van der Waals surface area contributed by atoms with Crippen LogP contribution in [0.1, 0.15) is 44.1 Å². The Balaban J connectivity index is 1.45. The van der Waals surface area contributed by atoms with Crippen LogP contribution < -0.4 is 5.32 Å².